The fraction of sp³-hybridized carbons (Fsp3) is 0.0870. The summed E-state index contributed by atoms with van der Waals surface area (Å²) in [5, 5.41) is 9.86. The SMILES string of the molecule is Cc1ccc(SCc2ccccc2)c(-c2cn3ccccc3c2C(=O)O)c1. The normalized spacial score (nSPS) is 11.0. The number of carboxylic acid groups (broad SMARTS) is 1. The maximum absolute atomic E-state index is 12.0. The topological polar surface area (TPSA) is 41.7 Å². The molecule has 0 bridgehead atoms. The number of fused-ring (bicyclic) bond motifs is 1. The number of thioether (sulfide) groups is 1. The first-order valence-corrected chi connectivity index (χ1v) is 9.73. The second-order valence-corrected chi connectivity index (χ2v) is 7.51. The van der Waals surface area contributed by atoms with E-state index in [1.807, 2.05) is 60.1 Å². The highest BCUT2D eigenvalue weighted by atomic mass is 32.2. The van der Waals surface area contributed by atoms with Crippen LogP contribution in [0.1, 0.15) is 21.5 Å². The van der Waals surface area contributed by atoms with Crippen molar-refractivity contribution >= 4 is 23.2 Å². The van der Waals surface area contributed by atoms with E-state index in [-0.39, 0.29) is 0 Å². The van der Waals surface area contributed by atoms with Gasteiger partial charge in [0.05, 0.1) is 11.1 Å². The van der Waals surface area contributed by atoms with Gasteiger partial charge < -0.3 is 9.51 Å². The molecule has 0 saturated heterocycles. The van der Waals surface area contributed by atoms with E-state index in [0.717, 1.165) is 27.3 Å². The molecule has 0 spiro atoms. The number of hydrogen-bond acceptors (Lipinski definition) is 2. The highest BCUT2D eigenvalue weighted by Gasteiger charge is 2.20. The van der Waals surface area contributed by atoms with Gasteiger partial charge in [-0.05, 0) is 36.2 Å². The van der Waals surface area contributed by atoms with Crippen molar-refractivity contribution in [2.75, 3.05) is 0 Å². The quantitative estimate of drug-likeness (QED) is 0.443. The zero-order valence-electron chi connectivity index (χ0n) is 14.9. The molecule has 4 rings (SSSR count). The van der Waals surface area contributed by atoms with E-state index in [0.29, 0.717) is 11.1 Å². The van der Waals surface area contributed by atoms with Gasteiger partial charge in [-0.1, -0.05) is 54.1 Å². The average Bonchev–Trinajstić information content (AvgIpc) is 3.07. The van der Waals surface area contributed by atoms with Gasteiger partial charge in [0.2, 0.25) is 0 Å². The fourth-order valence-corrected chi connectivity index (χ4v) is 4.27. The van der Waals surface area contributed by atoms with Crippen LogP contribution in [-0.4, -0.2) is 15.5 Å². The number of benzene rings is 2. The Morgan fingerprint density at radius 1 is 1.00 bits per heavy atom. The van der Waals surface area contributed by atoms with Gasteiger partial charge in [0, 0.05) is 28.6 Å². The summed E-state index contributed by atoms with van der Waals surface area (Å²) in [5.41, 5.74) is 5.14. The Morgan fingerprint density at radius 3 is 2.56 bits per heavy atom. The molecule has 134 valence electrons. The molecule has 2 aromatic carbocycles. The van der Waals surface area contributed by atoms with E-state index < -0.39 is 5.97 Å². The van der Waals surface area contributed by atoms with Crippen molar-refractivity contribution in [2.24, 2.45) is 0 Å². The maximum Gasteiger partial charge on any atom is 0.338 e. The highest BCUT2D eigenvalue weighted by molar-refractivity contribution is 7.98. The Kier molecular flexibility index (Phi) is 4.73. The Labute approximate surface area is 162 Å². The minimum Gasteiger partial charge on any atom is -0.478 e. The van der Waals surface area contributed by atoms with Crippen molar-refractivity contribution < 1.29 is 9.90 Å². The molecule has 0 fully saturated rings. The van der Waals surface area contributed by atoms with Crippen LogP contribution in [0.4, 0.5) is 0 Å². The van der Waals surface area contributed by atoms with Crippen LogP contribution in [0.5, 0.6) is 0 Å². The molecule has 0 saturated carbocycles. The minimum absolute atomic E-state index is 0.350. The second-order valence-electron chi connectivity index (χ2n) is 6.49. The number of rotatable bonds is 5. The Hall–Kier alpha value is -2.98. The van der Waals surface area contributed by atoms with Gasteiger partial charge in [-0.3, -0.25) is 0 Å². The van der Waals surface area contributed by atoms with Crippen molar-refractivity contribution in [2.45, 2.75) is 17.6 Å². The molecule has 0 aliphatic heterocycles. The molecule has 0 atom stereocenters. The van der Waals surface area contributed by atoms with Crippen molar-refractivity contribution in [3.05, 3.63) is 95.8 Å². The summed E-state index contributed by atoms with van der Waals surface area (Å²) in [6.07, 6.45) is 3.80. The average molecular weight is 373 g/mol. The third-order valence-corrected chi connectivity index (χ3v) is 5.70. The molecule has 0 aliphatic rings. The summed E-state index contributed by atoms with van der Waals surface area (Å²) >= 11 is 1.73. The van der Waals surface area contributed by atoms with Gasteiger partial charge in [0.25, 0.3) is 0 Å². The van der Waals surface area contributed by atoms with Gasteiger partial charge >= 0.3 is 5.97 Å². The third-order valence-electron chi connectivity index (χ3n) is 4.56. The van der Waals surface area contributed by atoms with Crippen LogP contribution < -0.4 is 0 Å². The molecule has 4 aromatic rings. The van der Waals surface area contributed by atoms with Crippen LogP contribution in [0.3, 0.4) is 0 Å². The van der Waals surface area contributed by atoms with Crippen molar-refractivity contribution in [3.63, 3.8) is 0 Å². The van der Waals surface area contributed by atoms with Crippen molar-refractivity contribution in [1.82, 2.24) is 4.40 Å². The fourth-order valence-electron chi connectivity index (χ4n) is 3.27. The molecular weight excluding hydrogens is 354 g/mol. The summed E-state index contributed by atoms with van der Waals surface area (Å²) in [7, 11) is 0. The summed E-state index contributed by atoms with van der Waals surface area (Å²) in [5.74, 6) is -0.0635. The number of carboxylic acids is 1. The molecule has 0 amide bonds. The van der Waals surface area contributed by atoms with Crippen LogP contribution >= 0.6 is 11.8 Å². The molecule has 0 radical (unpaired) electrons. The first-order chi connectivity index (χ1) is 13.1. The van der Waals surface area contributed by atoms with Crippen LogP contribution in [-0.2, 0) is 5.75 Å². The predicted molar refractivity (Wildman–Crippen MR) is 111 cm³/mol. The van der Waals surface area contributed by atoms with E-state index >= 15 is 0 Å². The van der Waals surface area contributed by atoms with E-state index in [1.165, 1.54) is 5.56 Å². The number of aromatic carboxylic acids is 1. The number of aryl methyl sites for hydroxylation is 1. The largest absolute Gasteiger partial charge is 0.478 e. The lowest BCUT2D eigenvalue weighted by Crippen LogP contribution is -1.98. The summed E-state index contributed by atoms with van der Waals surface area (Å²) in [6, 6.07) is 22.2. The predicted octanol–water partition coefficient (Wildman–Crippen LogP) is 5.91. The first kappa shape index (κ1) is 17.4. The minimum atomic E-state index is -0.904. The molecule has 3 nitrogen and oxygen atoms in total. The molecule has 1 N–H and O–H groups in total. The standard InChI is InChI=1S/C23H19NO2S/c1-16-10-11-21(27-15-17-7-3-2-4-8-17)18(13-16)19-14-24-12-6-5-9-20(24)22(19)23(25)26/h2-14H,15H2,1H3,(H,25,26). The van der Waals surface area contributed by atoms with Gasteiger partial charge in [-0.2, -0.15) is 0 Å². The zero-order valence-corrected chi connectivity index (χ0v) is 15.7. The van der Waals surface area contributed by atoms with Crippen LogP contribution in [0.15, 0.2) is 84.0 Å². The summed E-state index contributed by atoms with van der Waals surface area (Å²) < 4.78 is 1.88. The molecule has 27 heavy (non-hydrogen) atoms. The monoisotopic (exact) mass is 373 g/mol. The highest BCUT2D eigenvalue weighted by Crippen LogP contribution is 2.37. The third kappa shape index (κ3) is 3.49. The lowest BCUT2D eigenvalue weighted by Gasteiger charge is -2.11. The molecular formula is C23H19NO2S. The van der Waals surface area contributed by atoms with Crippen molar-refractivity contribution in [3.8, 4) is 11.1 Å². The van der Waals surface area contributed by atoms with Crippen molar-refractivity contribution in [1.29, 1.82) is 0 Å². The molecule has 0 aliphatic carbocycles. The summed E-state index contributed by atoms with van der Waals surface area (Å²) in [6.45, 7) is 2.03. The molecule has 4 heteroatoms. The zero-order chi connectivity index (χ0) is 18.8. The van der Waals surface area contributed by atoms with E-state index in [1.54, 1.807) is 11.8 Å². The van der Waals surface area contributed by atoms with Gasteiger partial charge in [-0.25, -0.2) is 4.79 Å². The van der Waals surface area contributed by atoms with Gasteiger partial charge in [0.1, 0.15) is 0 Å². The number of pyridine rings is 1. The van der Waals surface area contributed by atoms with E-state index in [2.05, 4.69) is 30.3 Å². The second kappa shape index (κ2) is 7.33. The summed E-state index contributed by atoms with van der Waals surface area (Å²) in [4.78, 5) is 13.1. The lowest BCUT2D eigenvalue weighted by atomic mass is 10.0. The van der Waals surface area contributed by atoms with Crippen LogP contribution in [0.2, 0.25) is 0 Å². The van der Waals surface area contributed by atoms with Gasteiger partial charge in [0.15, 0.2) is 0 Å². The number of carbonyl (C=O) groups is 1. The van der Waals surface area contributed by atoms with E-state index in [4.69, 9.17) is 0 Å². The smallest absolute Gasteiger partial charge is 0.338 e. The number of aromatic nitrogens is 1. The molecule has 2 aromatic heterocycles. The number of nitrogens with zero attached hydrogens (tertiary/aromatic N) is 1. The lowest BCUT2D eigenvalue weighted by molar-refractivity contribution is 0.0700. The van der Waals surface area contributed by atoms with Gasteiger partial charge in [-0.15, -0.1) is 11.8 Å². The first-order valence-electron chi connectivity index (χ1n) is 8.74. The molecule has 2 heterocycles. The van der Waals surface area contributed by atoms with Crippen LogP contribution in [0, 0.1) is 6.92 Å². The molecule has 0 unspecified atom stereocenters. The Balaban J connectivity index is 1.82. The van der Waals surface area contributed by atoms with E-state index in [9.17, 15) is 9.90 Å². The Morgan fingerprint density at radius 2 is 1.78 bits per heavy atom. The maximum atomic E-state index is 12.0. The number of hydrogen-bond donors (Lipinski definition) is 1. The Bertz CT molecular complexity index is 1120. The van der Waals surface area contributed by atoms with Crippen LogP contribution in [0.25, 0.3) is 16.6 Å².